The molecule has 59 heavy (non-hydrogen) atoms. The molecule has 276 valence electrons. The van der Waals surface area contributed by atoms with Gasteiger partial charge < -0.3 is 4.90 Å². The predicted molar refractivity (Wildman–Crippen MR) is 258 cm³/mol. The Labute approximate surface area is 350 Å². The molecule has 0 amide bonds. The van der Waals surface area contributed by atoms with E-state index in [1.165, 1.54) is 95.3 Å². The minimum atomic E-state index is 1.11. The van der Waals surface area contributed by atoms with Gasteiger partial charge in [0.15, 0.2) is 0 Å². The van der Waals surface area contributed by atoms with Crippen LogP contribution in [-0.4, -0.2) is 0 Å². The largest absolute Gasteiger partial charge is 0.310 e. The fourth-order valence-corrected chi connectivity index (χ4v) is 11.5. The van der Waals surface area contributed by atoms with E-state index in [4.69, 9.17) is 0 Å². The second-order valence-corrected chi connectivity index (χ2v) is 17.4. The highest BCUT2D eigenvalue weighted by Crippen LogP contribution is 2.48. The van der Waals surface area contributed by atoms with Crippen LogP contribution in [0.1, 0.15) is 0 Å². The first-order valence-electron chi connectivity index (χ1n) is 20.1. The van der Waals surface area contributed by atoms with E-state index in [0.717, 1.165) is 17.1 Å². The van der Waals surface area contributed by atoms with Gasteiger partial charge >= 0.3 is 0 Å². The SMILES string of the molecule is c1ccc(-c2ccc(N(c3ccc(-c4cccc5ccccc45)cc3)c3ccc4ccc(-c5cccc6sc7ccc8c9ccccc9sc8c7c56)cc4c3)cc2)cc1. The van der Waals surface area contributed by atoms with Crippen LogP contribution in [-0.2, 0) is 0 Å². The Kier molecular flexibility index (Phi) is 7.97. The number of nitrogens with zero attached hydrogens (tertiary/aromatic N) is 1. The topological polar surface area (TPSA) is 3.24 Å². The molecule has 3 heteroatoms. The van der Waals surface area contributed by atoms with E-state index >= 15 is 0 Å². The Morgan fingerprint density at radius 3 is 1.75 bits per heavy atom. The van der Waals surface area contributed by atoms with Crippen LogP contribution in [0.3, 0.4) is 0 Å². The van der Waals surface area contributed by atoms with Gasteiger partial charge in [0.2, 0.25) is 0 Å². The van der Waals surface area contributed by atoms with Crippen LogP contribution in [0.2, 0.25) is 0 Å². The lowest BCUT2D eigenvalue weighted by atomic mass is 9.96. The fraction of sp³-hybridized carbons (Fsp3) is 0. The molecular formula is C56H35NS2. The van der Waals surface area contributed by atoms with Crippen LogP contribution < -0.4 is 4.90 Å². The lowest BCUT2D eigenvalue weighted by molar-refractivity contribution is 1.29. The van der Waals surface area contributed by atoms with Crippen molar-refractivity contribution in [3.05, 3.63) is 212 Å². The summed E-state index contributed by atoms with van der Waals surface area (Å²) in [6, 6.07) is 78.0. The molecule has 0 N–H and O–H groups in total. The molecule has 0 aliphatic heterocycles. The maximum atomic E-state index is 2.39. The van der Waals surface area contributed by atoms with Gasteiger partial charge in [0.25, 0.3) is 0 Å². The Hall–Kier alpha value is -7.04. The molecule has 12 rings (SSSR count). The molecule has 1 nitrogen and oxygen atoms in total. The highest BCUT2D eigenvalue weighted by molar-refractivity contribution is 7.29. The lowest BCUT2D eigenvalue weighted by Crippen LogP contribution is -2.09. The molecule has 2 aromatic heterocycles. The van der Waals surface area contributed by atoms with Crippen LogP contribution in [0.5, 0.6) is 0 Å². The highest BCUT2D eigenvalue weighted by atomic mass is 32.1. The van der Waals surface area contributed by atoms with E-state index in [1.807, 2.05) is 22.7 Å². The normalized spacial score (nSPS) is 11.7. The molecule has 0 spiro atoms. The Bertz CT molecular complexity index is 3540. The Morgan fingerprint density at radius 2 is 0.898 bits per heavy atom. The first kappa shape index (κ1) is 34.0. The molecule has 0 aliphatic carbocycles. The van der Waals surface area contributed by atoms with Crippen molar-refractivity contribution >= 4 is 102 Å². The molecule has 0 saturated heterocycles. The van der Waals surface area contributed by atoms with Crippen molar-refractivity contribution in [1.29, 1.82) is 0 Å². The molecule has 0 bridgehead atoms. The zero-order valence-electron chi connectivity index (χ0n) is 32.0. The summed E-state index contributed by atoms with van der Waals surface area (Å²) in [6.07, 6.45) is 0. The Balaban J connectivity index is 0.998. The minimum absolute atomic E-state index is 1.11. The number of thiophene rings is 2. The number of hydrogen-bond donors (Lipinski definition) is 0. The van der Waals surface area contributed by atoms with E-state index in [0.29, 0.717) is 0 Å². The number of anilines is 3. The van der Waals surface area contributed by atoms with Gasteiger partial charge in [0, 0.05) is 57.4 Å². The number of benzene rings is 10. The van der Waals surface area contributed by atoms with Crippen LogP contribution in [0.4, 0.5) is 17.1 Å². The molecule has 12 aromatic rings. The van der Waals surface area contributed by atoms with Crippen LogP contribution in [0, 0.1) is 0 Å². The van der Waals surface area contributed by atoms with E-state index in [2.05, 4.69) is 217 Å². The van der Waals surface area contributed by atoms with Gasteiger partial charge in [0.1, 0.15) is 0 Å². The van der Waals surface area contributed by atoms with Crippen molar-refractivity contribution in [3.8, 4) is 33.4 Å². The number of rotatable bonds is 6. The number of fused-ring (bicyclic) bond motifs is 9. The summed E-state index contributed by atoms with van der Waals surface area (Å²) in [7, 11) is 0. The molecule has 2 heterocycles. The second kappa shape index (κ2) is 13.8. The van der Waals surface area contributed by atoms with E-state index in [1.54, 1.807) is 0 Å². The average Bonchev–Trinajstić information content (AvgIpc) is 3.88. The zero-order valence-corrected chi connectivity index (χ0v) is 33.6. The smallest absolute Gasteiger partial charge is 0.0468 e. The van der Waals surface area contributed by atoms with Gasteiger partial charge in [-0.2, -0.15) is 0 Å². The third-order valence-corrected chi connectivity index (χ3v) is 14.2. The van der Waals surface area contributed by atoms with Gasteiger partial charge in [-0.15, -0.1) is 22.7 Å². The lowest BCUT2D eigenvalue weighted by Gasteiger charge is -2.26. The molecule has 0 unspecified atom stereocenters. The quantitative estimate of drug-likeness (QED) is 0.162. The molecule has 0 fully saturated rings. The van der Waals surface area contributed by atoms with Crippen molar-refractivity contribution < 1.29 is 0 Å². The highest BCUT2D eigenvalue weighted by Gasteiger charge is 2.18. The maximum Gasteiger partial charge on any atom is 0.0468 e. The van der Waals surface area contributed by atoms with Crippen molar-refractivity contribution in [2.45, 2.75) is 0 Å². The fourth-order valence-electron chi connectivity index (χ4n) is 9.01. The zero-order chi connectivity index (χ0) is 38.9. The van der Waals surface area contributed by atoms with E-state index in [9.17, 15) is 0 Å². The van der Waals surface area contributed by atoms with Crippen LogP contribution in [0.25, 0.3) is 95.3 Å². The minimum Gasteiger partial charge on any atom is -0.310 e. The van der Waals surface area contributed by atoms with Gasteiger partial charge in [0.05, 0.1) is 0 Å². The second-order valence-electron chi connectivity index (χ2n) is 15.3. The van der Waals surface area contributed by atoms with Crippen LogP contribution >= 0.6 is 22.7 Å². The standard InChI is InChI=1S/C56H35NS2/c1-2-10-36(11-3-1)37-22-27-43(28-23-37)57(44-29-25-40(26-30-44)47-16-8-13-39-12-4-5-14-46(39)47)45-31-24-38-20-21-41(34-42(38)35-45)48-17-9-19-52-54(48)55-53(58-52)33-32-50-49-15-6-7-18-51(49)59-56(50)55/h1-35H. The van der Waals surface area contributed by atoms with Gasteiger partial charge in [-0.3, -0.25) is 0 Å². The summed E-state index contributed by atoms with van der Waals surface area (Å²) in [5.41, 5.74) is 10.7. The Morgan fingerprint density at radius 1 is 0.288 bits per heavy atom. The molecular weight excluding hydrogens is 751 g/mol. The van der Waals surface area contributed by atoms with E-state index in [-0.39, 0.29) is 0 Å². The molecule has 0 aliphatic rings. The number of hydrogen-bond acceptors (Lipinski definition) is 3. The van der Waals surface area contributed by atoms with Crippen molar-refractivity contribution in [2.75, 3.05) is 4.90 Å². The average molecular weight is 786 g/mol. The summed E-state index contributed by atoms with van der Waals surface area (Å²) < 4.78 is 5.39. The third kappa shape index (κ3) is 5.73. The molecule has 10 aromatic carbocycles. The van der Waals surface area contributed by atoms with E-state index < -0.39 is 0 Å². The van der Waals surface area contributed by atoms with Crippen molar-refractivity contribution in [3.63, 3.8) is 0 Å². The molecule has 0 saturated carbocycles. The van der Waals surface area contributed by atoms with Gasteiger partial charge in [-0.1, -0.05) is 152 Å². The monoisotopic (exact) mass is 785 g/mol. The van der Waals surface area contributed by atoms with Crippen molar-refractivity contribution in [1.82, 2.24) is 0 Å². The third-order valence-electron chi connectivity index (χ3n) is 11.9. The van der Waals surface area contributed by atoms with Gasteiger partial charge in [-0.05, 0) is 116 Å². The van der Waals surface area contributed by atoms with Gasteiger partial charge in [-0.25, -0.2) is 0 Å². The summed E-state index contributed by atoms with van der Waals surface area (Å²) >= 11 is 3.82. The first-order chi connectivity index (χ1) is 29.2. The first-order valence-corrected chi connectivity index (χ1v) is 21.7. The summed E-state index contributed by atoms with van der Waals surface area (Å²) in [5.74, 6) is 0. The predicted octanol–water partition coefficient (Wildman–Crippen LogP) is 17.2. The summed E-state index contributed by atoms with van der Waals surface area (Å²) in [4.78, 5) is 2.39. The molecule has 0 radical (unpaired) electrons. The molecule has 0 atom stereocenters. The summed E-state index contributed by atoms with van der Waals surface area (Å²) in [6.45, 7) is 0. The summed E-state index contributed by atoms with van der Waals surface area (Å²) in [5, 5.41) is 10.4. The maximum absolute atomic E-state index is 2.39. The van der Waals surface area contributed by atoms with Crippen LogP contribution in [0.15, 0.2) is 212 Å². The van der Waals surface area contributed by atoms with Crippen molar-refractivity contribution in [2.24, 2.45) is 0 Å².